The number of halogens is 1. The highest BCUT2D eigenvalue weighted by molar-refractivity contribution is 6.21. The van der Waals surface area contributed by atoms with Crippen LogP contribution >= 0.6 is 11.6 Å². The molecule has 16 heavy (non-hydrogen) atoms. The van der Waals surface area contributed by atoms with Crippen molar-refractivity contribution in [1.82, 2.24) is 10.3 Å². The molecule has 0 radical (unpaired) electrons. The van der Waals surface area contributed by atoms with Crippen LogP contribution in [0.15, 0.2) is 5.29 Å². The molecule has 2 amide bonds. The molecule has 0 aliphatic heterocycles. The van der Waals surface area contributed by atoms with Crippen molar-refractivity contribution in [1.29, 1.82) is 0 Å². The summed E-state index contributed by atoms with van der Waals surface area (Å²) in [5.41, 5.74) is 1.56. The minimum atomic E-state index is -0.483. The minimum absolute atomic E-state index is 0.137. The van der Waals surface area contributed by atoms with E-state index in [-0.39, 0.29) is 11.5 Å². The summed E-state index contributed by atoms with van der Waals surface area (Å²) in [6.07, 6.45) is 5.98. The lowest BCUT2D eigenvalue weighted by Gasteiger charge is -2.36. The number of carbonyl (C=O) groups excluding carboxylic acids is 1. The second-order valence-electron chi connectivity index (χ2n) is 4.05. The molecule has 1 aliphatic rings. The molecular formula is C10H18ClN3O2. The van der Waals surface area contributed by atoms with Crippen molar-refractivity contribution in [2.45, 2.75) is 57.0 Å². The van der Waals surface area contributed by atoms with Crippen LogP contribution in [0.3, 0.4) is 0 Å². The quantitative estimate of drug-likeness (QED) is 0.359. The number of nitrogens with one attached hydrogen (secondary N) is 1. The fourth-order valence-electron chi connectivity index (χ4n) is 2.17. The summed E-state index contributed by atoms with van der Waals surface area (Å²) in [7, 11) is 0. The Labute approximate surface area is 100 Å². The summed E-state index contributed by atoms with van der Waals surface area (Å²) < 4.78 is 0. The van der Waals surface area contributed by atoms with E-state index >= 15 is 0 Å². The van der Waals surface area contributed by atoms with Gasteiger partial charge < -0.3 is 4.90 Å². The van der Waals surface area contributed by atoms with Crippen LogP contribution in [0.25, 0.3) is 0 Å². The fourth-order valence-corrected chi connectivity index (χ4v) is 2.42. The highest BCUT2D eigenvalue weighted by Gasteiger charge is 2.29. The molecule has 5 nitrogen and oxygen atoms in total. The molecular weight excluding hydrogens is 230 g/mol. The Morgan fingerprint density at radius 1 is 1.50 bits per heavy atom. The number of nitroso groups, excluding NO2 is 1. The van der Waals surface area contributed by atoms with Gasteiger partial charge in [0.1, 0.15) is 5.50 Å². The van der Waals surface area contributed by atoms with E-state index in [0.29, 0.717) is 6.42 Å². The van der Waals surface area contributed by atoms with Crippen molar-refractivity contribution in [2.24, 2.45) is 5.29 Å². The number of urea groups is 1. The first-order valence-corrected chi connectivity index (χ1v) is 6.19. The summed E-state index contributed by atoms with van der Waals surface area (Å²) in [4.78, 5) is 23.3. The standard InChI is InChI=1S/C10H18ClN3O2/c1-2-9(11)14(10(15)12-13-16)8-6-4-3-5-7-8/h8-9H,2-7H2,1H3,(H,12,15,16). The number of nitrogens with zero attached hydrogens (tertiary/aromatic N) is 2. The summed E-state index contributed by atoms with van der Waals surface area (Å²) in [6, 6.07) is -0.346. The molecule has 1 N–H and O–H groups in total. The molecule has 1 saturated carbocycles. The Kier molecular flexibility index (Phi) is 5.52. The molecule has 1 fully saturated rings. The molecule has 1 rings (SSSR count). The van der Waals surface area contributed by atoms with Crippen LogP contribution in [-0.2, 0) is 0 Å². The molecule has 6 heteroatoms. The maximum Gasteiger partial charge on any atom is 0.341 e. The second kappa shape index (κ2) is 6.68. The van der Waals surface area contributed by atoms with Crippen LogP contribution < -0.4 is 5.43 Å². The lowest BCUT2D eigenvalue weighted by atomic mass is 9.94. The van der Waals surface area contributed by atoms with Crippen LogP contribution in [0.2, 0.25) is 0 Å². The largest absolute Gasteiger partial charge is 0.341 e. The van der Waals surface area contributed by atoms with E-state index < -0.39 is 6.03 Å². The first kappa shape index (κ1) is 13.2. The van der Waals surface area contributed by atoms with Crippen molar-refractivity contribution < 1.29 is 4.79 Å². The van der Waals surface area contributed by atoms with Gasteiger partial charge in [0, 0.05) is 6.04 Å². The van der Waals surface area contributed by atoms with Gasteiger partial charge in [-0.25, -0.2) is 4.79 Å². The van der Waals surface area contributed by atoms with Crippen molar-refractivity contribution in [2.75, 3.05) is 0 Å². The van der Waals surface area contributed by atoms with Crippen molar-refractivity contribution in [3.8, 4) is 0 Å². The molecule has 1 aliphatic carbocycles. The van der Waals surface area contributed by atoms with Gasteiger partial charge in [-0.15, -0.1) is 4.91 Å². The van der Waals surface area contributed by atoms with Crippen LogP contribution in [0.4, 0.5) is 4.79 Å². The van der Waals surface area contributed by atoms with Gasteiger partial charge in [0.25, 0.3) is 0 Å². The normalized spacial score (nSPS) is 18.9. The fraction of sp³-hybridized carbons (Fsp3) is 0.900. The maximum absolute atomic E-state index is 11.7. The second-order valence-corrected chi connectivity index (χ2v) is 4.55. The Morgan fingerprint density at radius 3 is 2.62 bits per heavy atom. The summed E-state index contributed by atoms with van der Waals surface area (Å²) in [5, 5.41) is 2.42. The highest BCUT2D eigenvalue weighted by Crippen LogP contribution is 2.26. The Morgan fingerprint density at radius 2 is 2.12 bits per heavy atom. The molecule has 92 valence electrons. The Bertz CT molecular complexity index is 244. The van der Waals surface area contributed by atoms with Gasteiger partial charge in [0.05, 0.1) is 5.29 Å². The molecule has 0 heterocycles. The lowest BCUT2D eigenvalue weighted by Crippen LogP contribution is -2.49. The molecule has 1 atom stereocenters. The number of hydrogen-bond donors (Lipinski definition) is 1. The first-order valence-electron chi connectivity index (χ1n) is 5.75. The highest BCUT2D eigenvalue weighted by atomic mass is 35.5. The van der Waals surface area contributed by atoms with Gasteiger partial charge in [-0.1, -0.05) is 37.8 Å². The topological polar surface area (TPSA) is 61.8 Å². The van der Waals surface area contributed by atoms with Crippen molar-refractivity contribution >= 4 is 17.6 Å². The number of rotatable bonds is 4. The third-order valence-corrected chi connectivity index (χ3v) is 3.50. The van der Waals surface area contributed by atoms with Gasteiger partial charge in [0.2, 0.25) is 0 Å². The average molecular weight is 248 g/mol. The third-order valence-electron chi connectivity index (χ3n) is 2.98. The molecule has 0 aromatic carbocycles. The van der Waals surface area contributed by atoms with Crippen molar-refractivity contribution in [3.63, 3.8) is 0 Å². The first-order chi connectivity index (χ1) is 7.70. The van der Waals surface area contributed by atoms with E-state index in [1.165, 1.54) is 6.42 Å². The predicted molar refractivity (Wildman–Crippen MR) is 63.0 cm³/mol. The summed E-state index contributed by atoms with van der Waals surface area (Å²) in [6.45, 7) is 1.91. The Hall–Kier alpha value is -0.840. The van der Waals surface area contributed by atoms with E-state index in [1.807, 2.05) is 12.3 Å². The van der Waals surface area contributed by atoms with Gasteiger partial charge in [-0.05, 0) is 19.3 Å². The zero-order valence-electron chi connectivity index (χ0n) is 9.49. The van der Waals surface area contributed by atoms with Crippen LogP contribution in [0, 0.1) is 4.91 Å². The smallest absolute Gasteiger partial charge is 0.304 e. The molecule has 1 unspecified atom stereocenters. The third kappa shape index (κ3) is 3.33. The van der Waals surface area contributed by atoms with E-state index in [2.05, 4.69) is 5.29 Å². The SMILES string of the molecule is CCC(Cl)N(C(=O)NN=O)C1CCCCC1. The Balaban J connectivity index is 2.68. The van der Waals surface area contributed by atoms with Crippen molar-refractivity contribution in [3.05, 3.63) is 4.91 Å². The lowest BCUT2D eigenvalue weighted by molar-refractivity contribution is 0.145. The zero-order valence-corrected chi connectivity index (χ0v) is 10.2. The number of carbonyl (C=O) groups is 1. The number of hydrogen-bond acceptors (Lipinski definition) is 3. The molecule has 0 aromatic heterocycles. The van der Waals surface area contributed by atoms with E-state index in [4.69, 9.17) is 11.6 Å². The zero-order chi connectivity index (χ0) is 12.0. The molecule has 0 spiro atoms. The average Bonchev–Trinajstić information content (AvgIpc) is 2.31. The van der Waals surface area contributed by atoms with Gasteiger partial charge in [-0.3, -0.25) is 0 Å². The number of alkyl halides is 1. The maximum atomic E-state index is 11.7. The van der Waals surface area contributed by atoms with Gasteiger partial charge >= 0.3 is 6.03 Å². The number of amides is 2. The van der Waals surface area contributed by atoms with Gasteiger partial charge in [0.15, 0.2) is 0 Å². The summed E-state index contributed by atoms with van der Waals surface area (Å²) in [5.74, 6) is 0. The van der Waals surface area contributed by atoms with E-state index in [1.54, 1.807) is 4.90 Å². The monoisotopic (exact) mass is 247 g/mol. The summed E-state index contributed by atoms with van der Waals surface area (Å²) >= 11 is 6.12. The predicted octanol–water partition coefficient (Wildman–Crippen LogP) is 2.99. The van der Waals surface area contributed by atoms with E-state index in [0.717, 1.165) is 25.7 Å². The van der Waals surface area contributed by atoms with Crippen LogP contribution in [0.5, 0.6) is 0 Å². The molecule has 0 bridgehead atoms. The van der Waals surface area contributed by atoms with E-state index in [9.17, 15) is 9.70 Å². The molecule has 0 aromatic rings. The van der Waals surface area contributed by atoms with Gasteiger partial charge in [-0.2, -0.15) is 5.43 Å². The minimum Gasteiger partial charge on any atom is -0.304 e. The van der Waals surface area contributed by atoms with Crippen LogP contribution in [0.1, 0.15) is 45.4 Å². The molecule has 0 saturated heterocycles. The van der Waals surface area contributed by atoms with Crippen LogP contribution in [-0.4, -0.2) is 22.5 Å².